The smallest absolute Gasteiger partial charge is 0.240 e. The van der Waals surface area contributed by atoms with Gasteiger partial charge in [-0.2, -0.15) is 4.98 Å². The Balaban J connectivity index is 2.45. The number of hydrogen-bond acceptors (Lipinski definition) is 4. The van der Waals surface area contributed by atoms with E-state index in [-0.39, 0.29) is 6.54 Å². The summed E-state index contributed by atoms with van der Waals surface area (Å²) in [6, 6.07) is 6.29. The Labute approximate surface area is 94.5 Å². The number of nitrogens with zero attached hydrogens (tertiary/aromatic N) is 2. The number of benzene rings is 1. The van der Waals surface area contributed by atoms with Crippen LogP contribution in [0.25, 0.3) is 11.4 Å². The molecule has 0 saturated heterocycles. The lowest BCUT2D eigenvalue weighted by Gasteiger charge is -2.03. The first-order chi connectivity index (χ1) is 7.74. The van der Waals surface area contributed by atoms with Crippen molar-refractivity contribution in [3.8, 4) is 11.4 Å². The lowest BCUT2D eigenvalue weighted by molar-refractivity contribution is 0.380. The summed E-state index contributed by atoms with van der Waals surface area (Å²) in [5, 5.41) is 3.93. The van der Waals surface area contributed by atoms with Crippen molar-refractivity contribution in [2.75, 3.05) is 0 Å². The Morgan fingerprint density at radius 2 is 2.19 bits per heavy atom. The van der Waals surface area contributed by atoms with E-state index in [1.165, 1.54) is 5.56 Å². The Morgan fingerprint density at radius 3 is 2.81 bits per heavy atom. The molecule has 16 heavy (non-hydrogen) atoms. The van der Waals surface area contributed by atoms with Gasteiger partial charge in [0.1, 0.15) is 0 Å². The average Bonchev–Trinajstić information content (AvgIpc) is 2.78. The average molecular weight is 217 g/mol. The summed E-state index contributed by atoms with van der Waals surface area (Å²) in [6.07, 6.45) is 0.995. The standard InChI is InChI=1S/C12H15N3O/c1-3-9-5-4-8(2)10(6-9)12-14-11(7-13)16-15-12/h4-6H,3,7,13H2,1-2H3. The molecule has 0 saturated carbocycles. The van der Waals surface area contributed by atoms with Crippen LogP contribution in [0.5, 0.6) is 0 Å². The van der Waals surface area contributed by atoms with Crippen molar-refractivity contribution in [2.45, 2.75) is 26.8 Å². The lowest BCUT2D eigenvalue weighted by Crippen LogP contribution is -1.96. The Bertz CT molecular complexity index is 491. The molecule has 0 aliphatic heterocycles. The van der Waals surface area contributed by atoms with Crippen molar-refractivity contribution in [2.24, 2.45) is 5.73 Å². The topological polar surface area (TPSA) is 64.9 Å². The van der Waals surface area contributed by atoms with Crippen LogP contribution in [0, 0.1) is 6.92 Å². The van der Waals surface area contributed by atoms with E-state index in [0.717, 1.165) is 17.5 Å². The molecule has 4 nitrogen and oxygen atoms in total. The van der Waals surface area contributed by atoms with Gasteiger partial charge in [0.25, 0.3) is 0 Å². The molecule has 0 amide bonds. The minimum atomic E-state index is 0.277. The second kappa shape index (κ2) is 4.45. The molecule has 0 aliphatic carbocycles. The van der Waals surface area contributed by atoms with Gasteiger partial charge in [0.15, 0.2) is 0 Å². The van der Waals surface area contributed by atoms with Crippen LogP contribution in [0.2, 0.25) is 0 Å². The second-order valence-electron chi connectivity index (χ2n) is 3.72. The molecule has 4 heteroatoms. The van der Waals surface area contributed by atoms with Gasteiger partial charge >= 0.3 is 0 Å². The van der Waals surface area contributed by atoms with Gasteiger partial charge in [0, 0.05) is 5.56 Å². The van der Waals surface area contributed by atoms with Crippen LogP contribution in [-0.4, -0.2) is 10.1 Å². The van der Waals surface area contributed by atoms with Crippen molar-refractivity contribution in [3.05, 3.63) is 35.2 Å². The number of aromatic nitrogens is 2. The van der Waals surface area contributed by atoms with Crippen LogP contribution in [0.3, 0.4) is 0 Å². The fraction of sp³-hybridized carbons (Fsp3) is 0.333. The number of rotatable bonds is 3. The molecule has 84 valence electrons. The van der Waals surface area contributed by atoms with Gasteiger partial charge in [-0.15, -0.1) is 0 Å². The molecule has 0 spiro atoms. The van der Waals surface area contributed by atoms with Crippen LogP contribution in [0.4, 0.5) is 0 Å². The summed E-state index contributed by atoms with van der Waals surface area (Å²) in [6.45, 7) is 4.43. The van der Waals surface area contributed by atoms with E-state index < -0.39 is 0 Å². The van der Waals surface area contributed by atoms with Crippen molar-refractivity contribution >= 4 is 0 Å². The molecule has 0 aliphatic rings. The predicted octanol–water partition coefficient (Wildman–Crippen LogP) is 2.07. The van der Waals surface area contributed by atoms with Crippen molar-refractivity contribution in [3.63, 3.8) is 0 Å². The summed E-state index contributed by atoms with van der Waals surface area (Å²) in [4.78, 5) is 4.23. The molecule has 2 rings (SSSR count). The monoisotopic (exact) mass is 217 g/mol. The maximum absolute atomic E-state index is 5.44. The predicted molar refractivity (Wildman–Crippen MR) is 61.7 cm³/mol. The molecular formula is C12H15N3O. The summed E-state index contributed by atoms with van der Waals surface area (Å²) >= 11 is 0. The molecular weight excluding hydrogens is 202 g/mol. The van der Waals surface area contributed by atoms with E-state index in [9.17, 15) is 0 Å². The van der Waals surface area contributed by atoms with Gasteiger partial charge in [-0.1, -0.05) is 24.2 Å². The van der Waals surface area contributed by atoms with E-state index in [2.05, 4.69) is 35.3 Å². The van der Waals surface area contributed by atoms with Gasteiger partial charge in [-0.25, -0.2) is 0 Å². The molecule has 2 N–H and O–H groups in total. The molecule has 2 aromatic rings. The maximum atomic E-state index is 5.44. The van der Waals surface area contributed by atoms with Crippen LogP contribution >= 0.6 is 0 Å². The summed E-state index contributed by atoms with van der Waals surface area (Å²) in [7, 11) is 0. The summed E-state index contributed by atoms with van der Waals surface area (Å²) < 4.78 is 5.01. The van der Waals surface area contributed by atoms with Crippen molar-refractivity contribution < 1.29 is 4.52 Å². The quantitative estimate of drug-likeness (QED) is 0.854. The molecule has 1 aromatic carbocycles. The highest BCUT2D eigenvalue weighted by Gasteiger charge is 2.10. The Kier molecular flexibility index (Phi) is 3.01. The van der Waals surface area contributed by atoms with Crippen LogP contribution < -0.4 is 5.73 Å². The second-order valence-corrected chi connectivity index (χ2v) is 3.72. The minimum absolute atomic E-state index is 0.277. The third-order valence-corrected chi connectivity index (χ3v) is 2.59. The zero-order valence-electron chi connectivity index (χ0n) is 9.53. The summed E-state index contributed by atoms with van der Waals surface area (Å²) in [5.74, 6) is 1.09. The van der Waals surface area contributed by atoms with Crippen molar-refractivity contribution in [1.82, 2.24) is 10.1 Å². The molecule has 1 heterocycles. The van der Waals surface area contributed by atoms with Gasteiger partial charge < -0.3 is 10.3 Å². The molecule has 0 atom stereocenters. The van der Waals surface area contributed by atoms with E-state index in [1.807, 2.05) is 6.92 Å². The highest BCUT2D eigenvalue weighted by Crippen LogP contribution is 2.22. The zero-order chi connectivity index (χ0) is 11.5. The fourth-order valence-corrected chi connectivity index (χ4v) is 1.58. The van der Waals surface area contributed by atoms with Crippen molar-refractivity contribution in [1.29, 1.82) is 0 Å². The number of nitrogens with two attached hydrogens (primary N) is 1. The highest BCUT2D eigenvalue weighted by atomic mass is 16.5. The molecule has 0 radical (unpaired) electrons. The lowest BCUT2D eigenvalue weighted by atomic mass is 10.0. The first kappa shape index (κ1) is 10.8. The fourth-order valence-electron chi connectivity index (χ4n) is 1.58. The van der Waals surface area contributed by atoms with Gasteiger partial charge in [-0.3, -0.25) is 0 Å². The van der Waals surface area contributed by atoms with E-state index >= 15 is 0 Å². The minimum Gasteiger partial charge on any atom is -0.338 e. The van der Waals surface area contributed by atoms with Crippen LogP contribution in [0.15, 0.2) is 22.7 Å². The van der Waals surface area contributed by atoms with Gasteiger partial charge in [0.2, 0.25) is 11.7 Å². The van der Waals surface area contributed by atoms with Gasteiger partial charge in [-0.05, 0) is 30.5 Å². The molecule has 0 bridgehead atoms. The highest BCUT2D eigenvalue weighted by molar-refractivity contribution is 5.60. The maximum Gasteiger partial charge on any atom is 0.240 e. The van der Waals surface area contributed by atoms with Crippen LogP contribution in [0.1, 0.15) is 23.9 Å². The third kappa shape index (κ3) is 1.97. The normalized spacial score (nSPS) is 10.7. The SMILES string of the molecule is CCc1ccc(C)c(-c2noc(CN)n2)c1. The summed E-state index contributed by atoms with van der Waals surface area (Å²) in [5.41, 5.74) is 8.86. The molecule has 1 aromatic heterocycles. The Hall–Kier alpha value is -1.68. The number of aryl methyl sites for hydroxylation is 2. The van der Waals surface area contributed by atoms with E-state index in [0.29, 0.717) is 11.7 Å². The number of hydrogen-bond donors (Lipinski definition) is 1. The molecule has 0 unspecified atom stereocenters. The Morgan fingerprint density at radius 1 is 1.38 bits per heavy atom. The van der Waals surface area contributed by atoms with E-state index in [4.69, 9.17) is 10.3 Å². The van der Waals surface area contributed by atoms with Crippen LogP contribution in [-0.2, 0) is 13.0 Å². The third-order valence-electron chi connectivity index (χ3n) is 2.59. The largest absolute Gasteiger partial charge is 0.338 e. The molecule has 0 fully saturated rings. The first-order valence-corrected chi connectivity index (χ1v) is 5.37. The van der Waals surface area contributed by atoms with E-state index in [1.54, 1.807) is 0 Å². The zero-order valence-corrected chi connectivity index (χ0v) is 9.53. The van der Waals surface area contributed by atoms with Gasteiger partial charge in [0.05, 0.1) is 6.54 Å². The first-order valence-electron chi connectivity index (χ1n) is 5.37.